The van der Waals surface area contributed by atoms with Crippen LogP contribution < -0.4 is 0 Å². The molecule has 1 rings (SSSR count). The van der Waals surface area contributed by atoms with Gasteiger partial charge in [-0.1, -0.05) is 6.07 Å². The number of rotatable bonds is 1. The van der Waals surface area contributed by atoms with Gasteiger partial charge in [0.25, 0.3) is 0 Å². The largest absolute Gasteiger partial charge is 0.477 e. The maximum Gasteiger partial charge on any atom is 0.354 e. The Labute approximate surface area is 53.5 Å². The van der Waals surface area contributed by atoms with Crippen LogP contribution in [0.25, 0.3) is 0 Å². The van der Waals surface area contributed by atoms with E-state index in [1.54, 1.807) is 12.1 Å². The molecule has 0 amide bonds. The zero-order chi connectivity index (χ0) is 6.69. The minimum absolute atomic E-state index is 0. The Balaban J connectivity index is 0.000000810. The van der Waals surface area contributed by atoms with Crippen LogP contribution in [0.3, 0.4) is 0 Å². The molecule has 1 N–H and O–H groups in total. The van der Waals surface area contributed by atoms with Gasteiger partial charge in [0.2, 0.25) is 0 Å². The van der Waals surface area contributed by atoms with Gasteiger partial charge in [0.1, 0.15) is 5.69 Å². The minimum Gasteiger partial charge on any atom is -0.477 e. The van der Waals surface area contributed by atoms with Crippen LogP contribution in [-0.4, -0.2) is 16.1 Å². The number of hydrogen-bond acceptors (Lipinski definition) is 2. The molecule has 0 atom stereocenters. The molecule has 0 fully saturated rings. The molecule has 9 heavy (non-hydrogen) atoms. The lowest BCUT2D eigenvalue weighted by atomic mass is 10.4. The highest BCUT2D eigenvalue weighted by Gasteiger charge is 1.98. The van der Waals surface area contributed by atoms with E-state index in [0.717, 1.165) is 0 Å². The fraction of sp³-hybridized carbons (Fsp3) is 0. The highest BCUT2D eigenvalue weighted by atomic mass is 16.4. The van der Waals surface area contributed by atoms with Crippen LogP contribution in [0.4, 0.5) is 0 Å². The Morgan fingerprint density at radius 1 is 1.67 bits per heavy atom. The first kappa shape index (κ1) is 5.75. The predicted molar refractivity (Wildman–Crippen MR) is 33.3 cm³/mol. The number of aromatic carboxylic acids is 1. The number of nitrogens with zero attached hydrogens (tertiary/aromatic N) is 1. The molecule has 0 aliphatic heterocycles. The fourth-order valence-electron chi connectivity index (χ4n) is 0.489. The van der Waals surface area contributed by atoms with Crippen molar-refractivity contribution in [3.8, 4) is 0 Å². The average molecular weight is 125 g/mol. The number of aromatic nitrogens is 1. The van der Waals surface area contributed by atoms with Crippen LogP contribution in [0.1, 0.15) is 11.9 Å². The van der Waals surface area contributed by atoms with Crippen LogP contribution in [0.15, 0.2) is 24.4 Å². The lowest BCUT2D eigenvalue weighted by molar-refractivity contribution is 0.0690. The summed E-state index contributed by atoms with van der Waals surface area (Å²) in [5.74, 6) is -0.990. The van der Waals surface area contributed by atoms with Gasteiger partial charge in [-0.2, -0.15) is 0 Å². The molecule has 3 nitrogen and oxygen atoms in total. The van der Waals surface area contributed by atoms with Crippen molar-refractivity contribution >= 4 is 5.97 Å². The van der Waals surface area contributed by atoms with E-state index in [9.17, 15) is 4.79 Å². The van der Waals surface area contributed by atoms with Crippen molar-refractivity contribution in [1.82, 2.24) is 4.98 Å². The van der Waals surface area contributed by atoms with Crippen molar-refractivity contribution in [2.24, 2.45) is 0 Å². The molecule has 0 saturated carbocycles. The van der Waals surface area contributed by atoms with Gasteiger partial charge in [0.05, 0.1) is 0 Å². The van der Waals surface area contributed by atoms with Gasteiger partial charge in [0, 0.05) is 7.62 Å². The maximum absolute atomic E-state index is 10.1. The second-order valence-corrected chi connectivity index (χ2v) is 1.52. The van der Waals surface area contributed by atoms with E-state index in [0.29, 0.717) is 0 Å². The standard InChI is InChI=1S/C6H5NO2.H2/c8-6(9)5-3-1-2-4-7-5;/h1-4H,(H,8,9);1H. The Kier molecular flexibility index (Phi) is 1.44. The Hall–Kier alpha value is -1.38. The highest BCUT2D eigenvalue weighted by Crippen LogP contribution is 1.90. The van der Waals surface area contributed by atoms with Gasteiger partial charge >= 0.3 is 5.97 Å². The number of carboxylic acid groups (broad SMARTS) is 1. The van der Waals surface area contributed by atoms with Crippen molar-refractivity contribution in [1.29, 1.82) is 0 Å². The van der Waals surface area contributed by atoms with Gasteiger partial charge in [-0.05, 0) is 12.1 Å². The van der Waals surface area contributed by atoms with E-state index in [4.69, 9.17) is 5.11 Å². The van der Waals surface area contributed by atoms with Gasteiger partial charge in [-0.25, -0.2) is 9.78 Å². The number of carbonyl (C=O) groups is 1. The number of pyridine rings is 1. The molecule has 0 bridgehead atoms. The molecule has 0 radical (unpaired) electrons. The summed E-state index contributed by atoms with van der Waals surface area (Å²) in [4.78, 5) is 13.7. The summed E-state index contributed by atoms with van der Waals surface area (Å²) < 4.78 is 0. The summed E-state index contributed by atoms with van der Waals surface area (Å²) in [5.41, 5.74) is 0.0810. The van der Waals surface area contributed by atoms with Gasteiger partial charge in [-0.3, -0.25) is 0 Å². The Bertz CT molecular complexity index is 212. The van der Waals surface area contributed by atoms with Crippen LogP contribution >= 0.6 is 0 Å². The van der Waals surface area contributed by atoms with Crippen molar-refractivity contribution in [3.05, 3.63) is 30.1 Å². The zero-order valence-electron chi connectivity index (χ0n) is 4.61. The van der Waals surface area contributed by atoms with Gasteiger partial charge in [-0.15, -0.1) is 0 Å². The van der Waals surface area contributed by atoms with Gasteiger partial charge in [0.15, 0.2) is 0 Å². The SMILES string of the molecule is O=C(O)c1ccccn1.[HH]. The van der Waals surface area contributed by atoms with Crippen LogP contribution in [-0.2, 0) is 0 Å². The fourth-order valence-corrected chi connectivity index (χ4v) is 0.489. The maximum atomic E-state index is 10.1. The van der Waals surface area contributed by atoms with Crippen molar-refractivity contribution in [3.63, 3.8) is 0 Å². The molecular formula is C6H7NO2. The third-order valence-corrected chi connectivity index (χ3v) is 0.884. The Morgan fingerprint density at radius 3 is 2.78 bits per heavy atom. The van der Waals surface area contributed by atoms with E-state index >= 15 is 0 Å². The second-order valence-electron chi connectivity index (χ2n) is 1.52. The smallest absolute Gasteiger partial charge is 0.354 e. The topological polar surface area (TPSA) is 50.2 Å². The number of carboxylic acids is 1. The lowest BCUT2D eigenvalue weighted by Gasteiger charge is -1.87. The highest BCUT2D eigenvalue weighted by molar-refractivity contribution is 5.85. The molecule has 48 valence electrons. The van der Waals surface area contributed by atoms with E-state index in [-0.39, 0.29) is 7.12 Å². The van der Waals surface area contributed by atoms with Crippen molar-refractivity contribution in [2.75, 3.05) is 0 Å². The first-order chi connectivity index (χ1) is 4.30. The van der Waals surface area contributed by atoms with Crippen LogP contribution in [0, 0.1) is 0 Å². The predicted octanol–water partition coefficient (Wildman–Crippen LogP) is 1.03. The summed E-state index contributed by atoms with van der Waals surface area (Å²) in [6.45, 7) is 0. The molecule has 0 aromatic carbocycles. The molecular weight excluding hydrogens is 118 g/mol. The average Bonchev–Trinajstić information content (AvgIpc) is 1.90. The zero-order valence-corrected chi connectivity index (χ0v) is 4.61. The molecule has 0 saturated heterocycles. The molecule has 0 aliphatic rings. The van der Waals surface area contributed by atoms with E-state index in [1.165, 1.54) is 12.3 Å². The first-order valence-electron chi connectivity index (χ1n) is 2.45. The summed E-state index contributed by atoms with van der Waals surface area (Å²) in [6, 6.07) is 4.76. The van der Waals surface area contributed by atoms with Crippen LogP contribution in [0.5, 0.6) is 0 Å². The molecule has 0 spiro atoms. The van der Waals surface area contributed by atoms with Crippen LogP contribution in [0.2, 0.25) is 0 Å². The third-order valence-electron chi connectivity index (χ3n) is 0.884. The summed E-state index contributed by atoms with van der Waals surface area (Å²) >= 11 is 0. The summed E-state index contributed by atoms with van der Waals surface area (Å²) in [6.07, 6.45) is 1.45. The third kappa shape index (κ3) is 1.25. The minimum atomic E-state index is -0.990. The first-order valence-corrected chi connectivity index (χ1v) is 2.45. The summed E-state index contributed by atoms with van der Waals surface area (Å²) in [5, 5.41) is 8.32. The normalized spacial score (nSPS) is 8.89. The van der Waals surface area contributed by atoms with Crippen molar-refractivity contribution < 1.29 is 11.3 Å². The van der Waals surface area contributed by atoms with E-state index in [2.05, 4.69) is 4.98 Å². The van der Waals surface area contributed by atoms with Gasteiger partial charge < -0.3 is 5.11 Å². The molecule has 1 aromatic rings. The molecule has 0 unspecified atom stereocenters. The molecule has 0 aliphatic carbocycles. The summed E-state index contributed by atoms with van der Waals surface area (Å²) in [7, 11) is 0. The van der Waals surface area contributed by atoms with Crippen molar-refractivity contribution in [2.45, 2.75) is 0 Å². The number of hydrogen-bond donors (Lipinski definition) is 1. The second kappa shape index (κ2) is 2.26. The Morgan fingerprint density at radius 2 is 2.44 bits per heavy atom. The lowest BCUT2D eigenvalue weighted by Crippen LogP contribution is -1.97. The quantitative estimate of drug-likeness (QED) is 0.609. The molecule has 1 heterocycles. The molecule has 1 aromatic heterocycles. The monoisotopic (exact) mass is 125 g/mol. The molecule has 3 heteroatoms. The van der Waals surface area contributed by atoms with E-state index in [1.807, 2.05) is 0 Å². The van der Waals surface area contributed by atoms with E-state index < -0.39 is 5.97 Å².